The highest BCUT2D eigenvalue weighted by atomic mass is 16.5. The Balaban J connectivity index is 0.797. The fraction of sp³-hybridized carbons (Fsp3) is 0.408. The maximum Gasteiger partial charge on any atom is 0.167 e. The van der Waals surface area contributed by atoms with Crippen LogP contribution >= 0.6 is 0 Å². The third-order valence-electron chi connectivity index (χ3n) is 20.3. The van der Waals surface area contributed by atoms with Crippen molar-refractivity contribution in [3.8, 4) is 137 Å². The highest BCUT2D eigenvalue weighted by Crippen LogP contribution is 2.37. The fourth-order valence-electron chi connectivity index (χ4n) is 13.7. The standard InChI is InChI=1S/C98H114N4O8/c1-5-9-13-17-21-25-29-33-61-103-87-53-45-79(46-54-87)91-71-95(107-99-91)83-65-77(66-84(69-83)96-72-92(100-108-96)80-47-55-88(56-48-80)104-62-34-30-26-22-18-14-10-6-2)43-41-75-37-39-76(40-38-75)42-44-78-67-85(97-73-93(101-109-97)81-49-57-89(58-50-81)105-63-35-31-27-23-19-15-11-7-3)70-86(68-78)98-74-94(102-110-98)82-51-59-90(60-52-82)106-64-36-32-28-24-20-16-12-8-4/h37-40,45-60,65-74H,5-36,61-64H2,1-4H3. The van der Waals surface area contributed by atoms with Gasteiger partial charge in [-0.15, -0.1) is 0 Å². The molecule has 110 heavy (non-hydrogen) atoms. The van der Waals surface area contributed by atoms with Gasteiger partial charge in [-0.05, 0) is 183 Å². The third-order valence-corrected chi connectivity index (χ3v) is 20.3. The number of hydrogen-bond acceptors (Lipinski definition) is 12. The van der Waals surface area contributed by atoms with Gasteiger partial charge in [-0.2, -0.15) is 0 Å². The van der Waals surface area contributed by atoms with Gasteiger partial charge in [0.15, 0.2) is 23.0 Å². The summed E-state index contributed by atoms with van der Waals surface area (Å²) >= 11 is 0. The first-order chi connectivity index (χ1) is 54.4. The Morgan fingerprint density at radius 1 is 0.209 bits per heavy atom. The maximum atomic E-state index is 6.14. The second kappa shape index (κ2) is 45.6. The molecule has 0 fully saturated rings. The van der Waals surface area contributed by atoms with Gasteiger partial charge in [0, 0.05) is 91.0 Å². The normalized spacial score (nSPS) is 11.2. The molecule has 0 aliphatic heterocycles. The average molecular weight is 1480 g/mol. The highest BCUT2D eigenvalue weighted by molar-refractivity contribution is 5.78. The second-order valence-corrected chi connectivity index (χ2v) is 29.4. The van der Waals surface area contributed by atoms with Crippen LogP contribution in [0.15, 0.2) is 200 Å². The zero-order valence-electron chi connectivity index (χ0n) is 65.8. The molecule has 0 amide bonds. The highest BCUT2D eigenvalue weighted by Gasteiger charge is 2.19. The lowest BCUT2D eigenvalue weighted by Crippen LogP contribution is -1.97. The molecular formula is C98H114N4O8. The van der Waals surface area contributed by atoms with Crippen molar-refractivity contribution in [3.05, 3.63) is 204 Å². The molecule has 0 bridgehead atoms. The molecule has 4 heterocycles. The number of hydrogen-bond donors (Lipinski definition) is 0. The lowest BCUT2D eigenvalue weighted by atomic mass is 10.0. The Labute approximate surface area is 654 Å². The van der Waals surface area contributed by atoms with Crippen molar-refractivity contribution in [2.75, 3.05) is 26.4 Å². The van der Waals surface area contributed by atoms with E-state index in [-0.39, 0.29) is 0 Å². The number of aromatic nitrogens is 4. The minimum atomic E-state index is 0.589. The van der Waals surface area contributed by atoms with E-state index >= 15 is 0 Å². The molecule has 0 atom stereocenters. The molecule has 574 valence electrons. The zero-order valence-corrected chi connectivity index (χ0v) is 65.8. The van der Waals surface area contributed by atoms with E-state index in [0.717, 1.165) is 115 Å². The smallest absolute Gasteiger partial charge is 0.167 e. The largest absolute Gasteiger partial charge is 0.494 e. The zero-order chi connectivity index (χ0) is 75.8. The summed E-state index contributed by atoms with van der Waals surface area (Å²) < 4.78 is 49.0. The fourth-order valence-corrected chi connectivity index (χ4v) is 13.7. The van der Waals surface area contributed by atoms with Crippen LogP contribution in [0.5, 0.6) is 23.0 Å². The maximum absolute atomic E-state index is 6.14. The molecule has 0 saturated heterocycles. The first kappa shape index (κ1) is 80.7. The Morgan fingerprint density at radius 2 is 0.409 bits per heavy atom. The van der Waals surface area contributed by atoms with Gasteiger partial charge in [0.1, 0.15) is 45.8 Å². The first-order valence-electron chi connectivity index (χ1n) is 41.6. The predicted molar refractivity (Wildman–Crippen MR) is 447 cm³/mol. The van der Waals surface area contributed by atoms with Crippen molar-refractivity contribution in [1.29, 1.82) is 0 Å². The van der Waals surface area contributed by atoms with E-state index in [1.165, 1.54) is 180 Å². The van der Waals surface area contributed by atoms with Crippen LogP contribution in [0.25, 0.3) is 90.3 Å². The van der Waals surface area contributed by atoms with Crippen LogP contribution in [0.1, 0.15) is 255 Å². The van der Waals surface area contributed by atoms with Gasteiger partial charge in [-0.25, -0.2) is 0 Å². The van der Waals surface area contributed by atoms with Crippen LogP contribution in [-0.4, -0.2) is 47.1 Å². The Morgan fingerprint density at radius 3 is 0.627 bits per heavy atom. The minimum absolute atomic E-state index is 0.589. The topological polar surface area (TPSA) is 141 Å². The van der Waals surface area contributed by atoms with Crippen molar-refractivity contribution >= 4 is 0 Å². The molecule has 0 unspecified atom stereocenters. The summed E-state index contributed by atoms with van der Waals surface area (Å²) in [4.78, 5) is 0. The van der Waals surface area contributed by atoms with Crippen LogP contribution in [0.4, 0.5) is 0 Å². The number of ether oxygens (including phenoxy) is 4. The van der Waals surface area contributed by atoms with Gasteiger partial charge < -0.3 is 37.0 Å². The van der Waals surface area contributed by atoms with E-state index in [9.17, 15) is 0 Å². The molecule has 4 aromatic heterocycles. The average Bonchev–Trinajstić information content (AvgIpc) is 1.63. The summed E-state index contributed by atoms with van der Waals surface area (Å²) in [5.74, 6) is 19.5. The monoisotopic (exact) mass is 1470 g/mol. The molecule has 11 rings (SSSR count). The van der Waals surface area contributed by atoms with Crippen LogP contribution in [0.3, 0.4) is 0 Å². The summed E-state index contributed by atoms with van der Waals surface area (Å²) in [6.07, 6.45) is 40.3. The van der Waals surface area contributed by atoms with Gasteiger partial charge >= 0.3 is 0 Å². The second-order valence-electron chi connectivity index (χ2n) is 29.4. The lowest BCUT2D eigenvalue weighted by molar-refractivity contribution is 0.304. The van der Waals surface area contributed by atoms with E-state index in [1.54, 1.807) is 0 Å². The van der Waals surface area contributed by atoms with E-state index in [0.29, 0.717) is 72.2 Å². The van der Waals surface area contributed by atoms with E-state index in [1.807, 2.05) is 182 Å². The molecule has 0 aliphatic rings. The first-order valence-corrected chi connectivity index (χ1v) is 41.6. The molecule has 12 nitrogen and oxygen atoms in total. The van der Waals surface area contributed by atoms with Gasteiger partial charge in [-0.1, -0.05) is 252 Å². The van der Waals surface area contributed by atoms with Crippen LogP contribution < -0.4 is 18.9 Å². The Kier molecular flexibility index (Phi) is 33.5. The van der Waals surface area contributed by atoms with E-state index < -0.39 is 0 Å². The Bertz CT molecular complexity index is 4040. The van der Waals surface area contributed by atoms with Crippen molar-refractivity contribution in [1.82, 2.24) is 20.6 Å². The van der Waals surface area contributed by atoms with Crippen molar-refractivity contribution in [2.24, 2.45) is 0 Å². The van der Waals surface area contributed by atoms with E-state index in [4.69, 9.17) is 37.0 Å². The predicted octanol–water partition coefficient (Wildman–Crippen LogP) is 27.9. The molecule has 11 aromatic rings. The van der Waals surface area contributed by atoms with Crippen LogP contribution in [-0.2, 0) is 0 Å². The van der Waals surface area contributed by atoms with Gasteiger partial charge in [0.05, 0.1) is 26.4 Å². The van der Waals surface area contributed by atoms with Gasteiger partial charge in [-0.3, -0.25) is 0 Å². The number of nitrogens with zero attached hydrogens (tertiary/aromatic N) is 4. The van der Waals surface area contributed by atoms with E-state index in [2.05, 4.69) is 72.0 Å². The third kappa shape index (κ3) is 26.5. The van der Waals surface area contributed by atoms with Gasteiger partial charge in [0.2, 0.25) is 0 Å². The summed E-state index contributed by atoms with van der Waals surface area (Å²) in [5, 5.41) is 18.2. The molecule has 12 heteroatoms. The van der Waals surface area contributed by atoms with Crippen LogP contribution in [0, 0.1) is 23.7 Å². The molecular weight excluding hydrogens is 1360 g/mol. The van der Waals surface area contributed by atoms with Crippen LogP contribution in [0.2, 0.25) is 0 Å². The summed E-state index contributed by atoms with van der Waals surface area (Å²) in [6, 6.07) is 60.3. The SMILES string of the molecule is CCCCCCCCCCOc1ccc(-c2cc(-c3cc(C#Cc4ccc(C#Cc5cc(-c6cc(-c7ccc(OCCCCCCCCCC)cc7)no6)cc(-c6cc(-c7ccc(OCCCCCCCCCC)cc7)no6)c5)cc4)cc(-c4cc(-c5ccc(OCCCCCCCCCC)cc5)no4)c3)on2)cc1. The number of benzene rings is 7. The molecule has 0 saturated carbocycles. The molecule has 0 radical (unpaired) electrons. The summed E-state index contributed by atoms with van der Waals surface area (Å²) in [7, 11) is 0. The summed E-state index contributed by atoms with van der Waals surface area (Å²) in [6.45, 7) is 11.9. The minimum Gasteiger partial charge on any atom is -0.494 e. The van der Waals surface area contributed by atoms with Crippen molar-refractivity contribution < 1.29 is 37.0 Å². The molecule has 0 N–H and O–H groups in total. The molecule has 0 spiro atoms. The lowest BCUT2D eigenvalue weighted by Gasteiger charge is -2.07. The number of rotatable bonds is 48. The quantitative estimate of drug-likeness (QED) is 0.0265. The van der Waals surface area contributed by atoms with Gasteiger partial charge in [0.25, 0.3) is 0 Å². The number of unbranched alkanes of at least 4 members (excludes halogenated alkanes) is 28. The van der Waals surface area contributed by atoms with Crippen molar-refractivity contribution in [2.45, 2.75) is 233 Å². The molecule has 0 aliphatic carbocycles. The molecule has 7 aromatic carbocycles. The van der Waals surface area contributed by atoms with Crippen molar-refractivity contribution in [3.63, 3.8) is 0 Å². The Hall–Kier alpha value is -10.3. The summed E-state index contributed by atoms with van der Waals surface area (Å²) in [5.41, 5.74) is 12.8.